The minimum Gasteiger partial charge on any atom is -0.392 e. The Kier molecular flexibility index (Phi) is 5.46. The van der Waals surface area contributed by atoms with Gasteiger partial charge in [-0.05, 0) is 53.6 Å². The lowest BCUT2D eigenvalue weighted by atomic mass is 10.0. The normalized spacial score (nSPS) is 11.4. The molecule has 28 heavy (non-hydrogen) atoms. The zero-order valence-corrected chi connectivity index (χ0v) is 16.0. The SMILES string of the molecule is CCN(Cc1ccncc1)Cc1[nH]c2ncccc2c1-c1cccc(CO)c1. The first-order valence-corrected chi connectivity index (χ1v) is 9.55. The van der Waals surface area contributed by atoms with Crippen LogP contribution < -0.4 is 0 Å². The van der Waals surface area contributed by atoms with E-state index in [2.05, 4.69) is 57.1 Å². The molecule has 4 aromatic rings. The summed E-state index contributed by atoms with van der Waals surface area (Å²) in [6, 6.07) is 16.3. The molecule has 1 aromatic carbocycles. The Hall–Kier alpha value is -3.02. The highest BCUT2D eigenvalue weighted by Gasteiger charge is 2.17. The van der Waals surface area contributed by atoms with Crippen molar-refractivity contribution in [2.45, 2.75) is 26.6 Å². The quantitative estimate of drug-likeness (QED) is 0.512. The van der Waals surface area contributed by atoms with Crippen molar-refractivity contribution in [2.75, 3.05) is 6.54 Å². The Labute approximate surface area is 164 Å². The first kappa shape index (κ1) is 18.3. The highest BCUT2D eigenvalue weighted by atomic mass is 16.3. The van der Waals surface area contributed by atoms with E-state index in [1.54, 1.807) is 0 Å². The fraction of sp³-hybridized carbons (Fsp3) is 0.217. The predicted molar refractivity (Wildman–Crippen MR) is 111 cm³/mol. The molecule has 3 heterocycles. The van der Waals surface area contributed by atoms with Gasteiger partial charge in [-0.25, -0.2) is 4.98 Å². The fourth-order valence-corrected chi connectivity index (χ4v) is 3.60. The molecule has 5 nitrogen and oxygen atoms in total. The van der Waals surface area contributed by atoms with Crippen molar-refractivity contribution < 1.29 is 5.11 Å². The molecule has 0 aliphatic heterocycles. The van der Waals surface area contributed by atoms with Gasteiger partial charge >= 0.3 is 0 Å². The average Bonchev–Trinajstić information content (AvgIpc) is 3.12. The summed E-state index contributed by atoms with van der Waals surface area (Å²) in [7, 11) is 0. The highest BCUT2D eigenvalue weighted by Crippen LogP contribution is 2.33. The average molecular weight is 372 g/mol. The molecule has 0 fully saturated rings. The van der Waals surface area contributed by atoms with Crippen LogP contribution in [0.4, 0.5) is 0 Å². The van der Waals surface area contributed by atoms with Gasteiger partial charge in [0.1, 0.15) is 5.65 Å². The van der Waals surface area contributed by atoms with Crippen LogP contribution in [0.2, 0.25) is 0 Å². The topological polar surface area (TPSA) is 65.0 Å². The number of benzene rings is 1. The van der Waals surface area contributed by atoms with E-state index in [9.17, 15) is 5.11 Å². The van der Waals surface area contributed by atoms with Crippen LogP contribution in [0.1, 0.15) is 23.7 Å². The summed E-state index contributed by atoms with van der Waals surface area (Å²) in [5.41, 5.74) is 6.44. The summed E-state index contributed by atoms with van der Waals surface area (Å²) in [4.78, 5) is 14.5. The number of hydrogen-bond donors (Lipinski definition) is 2. The molecule has 0 saturated heterocycles. The molecule has 3 aromatic heterocycles. The van der Waals surface area contributed by atoms with E-state index in [-0.39, 0.29) is 6.61 Å². The van der Waals surface area contributed by atoms with Crippen LogP contribution in [0.5, 0.6) is 0 Å². The van der Waals surface area contributed by atoms with Crippen molar-refractivity contribution in [3.8, 4) is 11.1 Å². The maximum absolute atomic E-state index is 9.56. The number of fused-ring (bicyclic) bond motifs is 1. The van der Waals surface area contributed by atoms with Crippen molar-refractivity contribution in [1.82, 2.24) is 19.9 Å². The van der Waals surface area contributed by atoms with Gasteiger partial charge < -0.3 is 10.1 Å². The lowest BCUT2D eigenvalue weighted by Gasteiger charge is -2.21. The van der Waals surface area contributed by atoms with Gasteiger partial charge in [-0.3, -0.25) is 9.88 Å². The molecule has 0 atom stereocenters. The number of aromatic nitrogens is 3. The molecule has 0 bridgehead atoms. The van der Waals surface area contributed by atoms with E-state index >= 15 is 0 Å². The minimum absolute atomic E-state index is 0.0346. The van der Waals surface area contributed by atoms with E-state index in [0.717, 1.165) is 53.1 Å². The van der Waals surface area contributed by atoms with E-state index in [4.69, 9.17) is 0 Å². The van der Waals surface area contributed by atoms with Gasteiger partial charge in [0, 0.05) is 48.3 Å². The van der Waals surface area contributed by atoms with Crippen LogP contribution in [0.15, 0.2) is 67.1 Å². The number of nitrogens with one attached hydrogen (secondary N) is 1. The van der Waals surface area contributed by atoms with Gasteiger partial charge in [-0.2, -0.15) is 0 Å². The summed E-state index contributed by atoms with van der Waals surface area (Å²) in [6.07, 6.45) is 5.48. The third kappa shape index (κ3) is 3.81. The number of H-pyrrole nitrogens is 1. The molecular formula is C23H24N4O. The number of aliphatic hydroxyl groups excluding tert-OH is 1. The Morgan fingerprint density at radius 1 is 0.964 bits per heavy atom. The zero-order chi connectivity index (χ0) is 19.3. The second-order valence-corrected chi connectivity index (χ2v) is 6.90. The lowest BCUT2D eigenvalue weighted by molar-refractivity contribution is 0.269. The summed E-state index contributed by atoms with van der Waals surface area (Å²) < 4.78 is 0. The number of aromatic amines is 1. The van der Waals surface area contributed by atoms with Crippen LogP contribution in [0.25, 0.3) is 22.2 Å². The second kappa shape index (κ2) is 8.33. The van der Waals surface area contributed by atoms with E-state index < -0.39 is 0 Å². The third-order valence-electron chi connectivity index (χ3n) is 5.03. The van der Waals surface area contributed by atoms with Crippen LogP contribution in [0, 0.1) is 0 Å². The molecule has 2 N–H and O–H groups in total. The molecule has 0 aliphatic carbocycles. The Morgan fingerprint density at radius 2 is 1.82 bits per heavy atom. The monoisotopic (exact) mass is 372 g/mol. The van der Waals surface area contributed by atoms with Gasteiger partial charge in [0.25, 0.3) is 0 Å². The van der Waals surface area contributed by atoms with Crippen molar-refractivity contribution in [2.24, 2.45) is 0 Å². The van der Waals surface area contributed by atoms with Crippen LogP contribution in [-0.4, -0.2) is 31.5 Å². The number of hydrogen-bond acceptors (Lipinski definition) is 4. The van der Waals surface area contributed by atoms with Gasteiger partial charge in [-0.1, -0.05) is 25.1 Å². The van der Waals surface area contributed by atoms with Crippen molar-refractivity contribution in [3.05, 3.63) is 83.9 Å². The largest absolute Gasteiger partial charge is 0.392 e. The molecule has 142 valence electrons. The Balaban J connectivity index is 1.73. The standard InChI is InChI=1S/C23H24N4O/c1-2-27(14-17-8-11-24-12-9-17)15-21-22(19-6-3-5-18(13-19)16-28)20-7-4-10-25-23(20)26-21/h3-13,28H,2,14-16H2,1H3,(H,25,26). The van der Waals surface area contributed by atoms with Crippen LogP contribution in [-0.2, 0) is 19.7 Å². The van der Waals surface area contributed by atoms with Crippen molar-refractivity contribution in [1.29, 1.82) is 0 Å². The molecule has 5 heteroatoms. The first-order chi connectivity index (χ1) is 13.8. The molecular weight excluding hydrogens is 348 g/mol. The Bertz CT molecular complexity index is 1060. The highest BCUT2D eigenvalue weighted by molar-refractivity contribution is 5.95. The molecule has 0 spiro atoms. The van der Waals surface area contributed by atoms with E-state index in [1.807, 2.05) is 36.8 Å². The predicted octanol–water partition coefficient (Wildman–Crippen LogP) is 4.14. The van der Waals surface area contributed by atoms with E-state index in [1.165, 1.54) is 5.56 Å². The molecule has 0 amide bonds. The number of rotatable bonds is 7. The smallest absolute Gasteiger partial charge is 0.138 e. The maximum atomic E-state index is 9.56. The van der Waals surface area contributed by atoms with Crippen molar-refractivity contribution >= 4 is 11.0 Å². The fourth-order valence-electron chi connectivity index (χ4n) is 3.60. The molecule has 0 saturated carbocycles. The lowest BCUT2D eigenvalue weighted by Crippen LogP contribution is -2.22. The van der Waals surface area contributed by atoms with Crippen molar-refractivity contribution in [3.63, 3.8) is 0 Å². The van der Waals surface area contributed by atoms with Gasteiger partial charge in [-0.15, -0.1) is 0 Å². The van der Waals surface area contributed by atoms with Gasteiger partial charge in [0.2, 0.25) is 0 Å². The van der Waals surface area contributed by atoms with E-state index in [0.29, 0.717) is 0 Å². The maximum Gasteiger partial charge on any atom is 0.138 e. The summed E-state index contributed by atoms with van der Waals surface area (Å²) in [5.74, 6) is 0. The van der Waals surface area contributed by atoms with Gasteiger partial charge in [0.15, 0.2) is 0 Å². The summed E-state index contributed by atoms with van der Waals surface area (Å²) >= 11 is 0. The number of nitrogens with zero attached hydrogens (tertiary/aromatic N) is 3. The minimum atomic E-state index is 0.0346. The Morgan fingerprint density at radius 3 is 2.61 bits per heavy atom. The first-order valence-electron chi connectivity index (χ1n) is 9.55. The third-order valence-corrected chi connectivity index (χ3v) is 5.03. The van der Waals surface area contributed by atoms with Gasteiger partial charge in [0.05, 0.1) is 6.61 Å². The van der Waals surface area contributed by atoms with Crippen LogP contribution in [0.3, 0.4) is 0 Å². The van der Waals surface area contributed by atoms with Crippen LogP contribution >= 0.6 is 0 Å². The second-order valence-electron chi connectivity index (χ2n) is 6.90. The molecule has 0 radical (unpaired) electrons. The number of pyridine rings is 2. The number of aliphatic hydroxyl groups is 1. The molecule has 0 unspecified atom stereocenters. The summed E-state index contributed by atoms with van der Waals surface area (Å²) in [5, 5.41) is 10.7. The molecule has 4 rings (SSSR count). The summed E-state index contributed by atoms with van der Waals surface area (Å²) in [6.45, 7) is 4.79. The zero-order valence-electron chi connectivity index (χ0n) is 16.0. The molecule has 0 aliphatic rings.